The number of hydrogen-bond donors (Lipinski definition) is 1. The predicted molar refractivity (Wildman–Crippen MR) is 91.2 cm³/mol. The van der Waals surface area contributed by atoms with Crippen LogP contribution in [-0.2, 0) is 0 Å². The molecule has 126 valence electrons. The quantitative estimate of drug-likeness (QED) is 0.706. The summed E-state index contributed by atoms with van der Waals surface area (Å²) >= 11 is 0. The second kappa shape index (κ2) is 9.57. The van der Waals surface area contributed by atoms with Crippen LogP contribution >= 0.6 is 0 Å². The zero-order valence-electron chi connectivity index (χ0n) is 14.6. The highest BCUT2D eigenvalue weighted by molar-refractivity contribution is 5.56. The van der Waals surface area contributed by atoms with Crippen LogP contribution in [0.5, 0.6) is 17.2 Å². The zero-order chi connectivity index (χ0) is 16.5. The second-order valence-electron chi connectivity index (χ2n) is 5.57. The lowest BCUT2D eigenvalue weighted by molar-refractivity contribution is 0.258. The molecule has 0 bridgehead atoms. The molecule has 0 heterocycles. The average Bonchev–Trinajstić information content (AvgIpc) is 2.48. The molecule has 2 atom stereocenters. The second-order valence-corrected chi connectivity index (χ2v) is 5.57. The summed E-state index contributed by atoms with van der Waals surface area (Å²) in [4.78, 5) is 0. The SMILES string of the molecule is CCOc1ccc(C(C)CCC(C)N)c(OCC)c1OCC. The van der Waals surface area contributed by atoms with E-state index in [1.54, 1.807) is 0 Å². The maximum absolute atomic E-state index is 5.90. The molecule has 22 heavy (non-hydrogen) atoms. The monoisotopic (exact) mass is 309 g/mol. The van der Waals surface area contributed by atoms with Gasteiger partial charge in [0.1, 0.15) is 0 Å². The summed E-state index contributed by atoms with van der Waals surface area (Å²) < 4.78 is 17.4. The highest BCUT2D eigenvalue weighted by atomic mass is 16.5. The molecule has 0 saturated heterocycles. The number of benzene rings is 1. The summed E-state index contributed by atoms with van der Waals surface area (Å²) in [6.07, 6.45) is 2.02. The van der Waals surface area contributed by atoms with Crippen LogP contribution in [0.2, 0.25) is 0 Å². The van der Waals surface area contributed by atoms with Crippen molar-refractivity contribution in [1.29, 1.82) is 0 Å². The molecule has 4 heteroatoms. The average molecular weight is 309 g/mol. The number of nitrogens with two attached hydrogens (primary N) is 1. The van der Waals surface area contributed by atoms with E-state index in [9.17, 15) is 0 Å². The third-order valence-electron chi connectivity index (χ3n) is 3.57. The Morgan fingerprint density at radius 1 is 0.864 bits per heavy atom. The van der Waals surface area contributed by atoms with E-state index in [2.05, 4.69) is 13.0 Å². The number of ether oxygens (including phenoxy) is 3. The van der Waals surface area contributed by atoms with Crippen molar-refractivity contribution in [3.05, 3.63) is 17.7 Å². The maximum Gasteiger partial charge on any atom is 0.203 e. The molecule has 1 aromatic rings. The lowest BCUT2D eigenvalue weighted by Crippen LogP contribution is -2.15. The van der Waals surface area contributed by atoms with Crippen LogP contribution in [0.3, 0.4) is 0 Å². The Balaban J connectivity index is 3.16. The van der Waals surface area contributed by atoms with E-state index in [-0.39, 0.29) is 6.04 Å². The normalized spacial score (nSPS) is 13.5. The van der Waals surface area contributed by atoms with E-state index in [1.807, 2.05) is 33.8 Å². The van der Waals surface area contributed by atoms with Gasteiger partial charge in [0.25, 0.3) is 0 Å². The molecular formula is C18H31NO3. The van der Waals surface area contributed by atoms with Gasteiger partial charge in [-0.1, -0.05) is 13.0 Å². The van der Waals surface area contributed by atoms with Crippen molar-refractivity contribution in [2.75, 3.05) is 19.8 Å². The first-order chi connectivity index (χ1) is 10.5. The Hall–Kier alpha value is -1.42. The highest BCUT2D eigenvalue weighted by Gasteiger charge is 2.21. The van der Waals surface area contributed by atoms with Crippen LogP contribution < -0.4 is 19.9 Å². The van der Waals surface area contributed by atoms with E-state index >= 15 is 0 Å². The van der Waals surface area contributed by atoms with Gasteiger partial charge in [-0.3, -0.25) is 0 Å². The molecule has 4 nitrogen and oxygen atoms in total. The van der Waals surface area contributed by atoms with Crippen LogP contribution in [0, 0.1) is 0 Å². The fraction of sp³-hybridized carbons (Fsp3) is 0.667. The van der Waals surface area contributed by atoms with Gasteiger partial charge in [-0.15, -0.1) is 0 Å². The van der Waals surface area contributed by atoms with Crippen molar-refractivity contribution >= 4 is 0 Å². The molecule has 1 rings (SSSR count). The third-order valence-corrected chi connectivity index (χ3v) is 3.57. The van der Waals surface area contributed by atoms with Crippen LogP contribution in [0.4, 0.5) is 0 Å². The molecule has 0 aromatic heterocycles. The van der Waals surface area contributed by atoms with Gasteiger partial charge in [0.15, 0.2) is 11.5 Å². The van der Waals surface area contributed by atoms with E-state index in [1.165, 1.54) is 0 Å². The van der Waals surface area contributed by atoms with Gasteiger partial charge in [-0.2, -0.15) is 0 Å². The topological polar surface area (TPSA) is 53.7 Å². The molecular weight excluding hydrogens is 278 g/mol. The Kier molecular flexibility index (Phi) is 8.10. The van der Waals surface area contributed by atoms with E-state index < -0.39 is 0 Å². The summed E-state index contributed by atoms with van der Waals surface area (Å²) in [5.74, 6) is 2.64. The van der Waals surface area contributed by atoms with Gasteiger partial charge < -0.3 is 19.9 Å². The molecule has 0 radical (unpaired) electrons. The molecule has 0 spiro atoms. The van der Waals surface area contributed by atoms with Crippen molar-refractivity contribution in [2.45, 2.75) is 59.4 Å². The third kappa shape index (κ3) is 5.09. The summed E-state index contributed by atoms with van der Waals surface area (Å²) in [7, 11) is 0. The van der Waals surface area contributed by atoms with Gasteiger partial charge in [0, 0.05) is 11.6 Å². The molecule has 0 aliphatic carbocycles. The minimum absolute atomic E-state index is 0.215. The Labute approximate surface area is 134 Å². The first-order valence-corrected chi connectivity index (χ1v) is 8.35. The number of rotatable bonds is 10. The molecule has 0 saturated carbocycles. The minimum atomic E-state index is 0.215. The molecule has 0 aliphatic rings. The standard InChI is InChI=1S/C18H31NO3/c1-6-20-16-12-11-15(13(4)9-10-14(5)19)17(21-7-2)18(16)22-8-3/h11-14H,6-10,19H2,1-5H3. The molecule has 1 aromatic carbocycles. The zero-order valence-corrected chi connectivity index (χ0v) is 14.6. The van der Waals surface area contributed by atoms with Crippen LogP contribution in [0.25, 0.3) is 0 Å². The smallest absolute Gasteiger partial charge is 0.203 e. The van der Waals surface area contributed by atoms with E-state index in [4.69, 9.17) is 19.9 Å². The molecule has 0 amide bonds. The van der Waals surface area contributed by atoms with Crippen molar-refractivity contribution in [2.24, 2.45) is 5.73 Å². The van der Waals surface area contributed by atoms with Gasteiger partial charge in [0.05, 0.1) is 19.8 Å². The van der Waals surface area contributed by atoms with Gasteiger partial charge in [-0.05, 0) is 52.5 Å². The van der Waals surface area contributed by atoms with Crippen LogP contribution in [0.15, 0.2) is 12.1 Å². The Bertz CT molecular complexity index is 446. The fourth-order valence-electron chi connectivity index (χ4n) is 2.46. The Morgan fingerprint density at radius 2 is 1.45 bits per heavy atom. The first-order valence-electron chi connectivity index (χ1n) is 8.35. The first kappa shape index (κ1) is 18.6. The fourth-order valence-corrected chi connectivity index (χ4v) is 2.46. The van der Waals surface area contributed by atoms with Crippen molar-refractivity contribution in [1.82, 2.24) is 0 Å². The molecule has 0 aliphatic heterocycles. The summed E-state index contributed by atoms with van der Waals surface area (Å²) in [6.45, 7) is 12.0. The highest BCUT2D eigenvalue weighted by Crippen LogP contribution is 2.44. The van der Waals surface area contributed by atoms with E-state index in [0.29, 0.717) is 25.7 Å². The largest absolute Gasteiger partial charge is 0.490 e. The minimum Gasteiger partial charge on any atom is -0.490 e. The maximum atomic E-state index is 5.90. The van der Waals surface area contributed by atoms with E-state index in [0.717, 1.165) is 35.7 Å². The summed E-state index contributed by atoms with van der Waals surface area (Å²) in [5.41, 5.74) is 7.04. The van der Waals surface area contributed by atoms with Gasteiger partial charge in [-0.25, -0.2) is 0 Å². The molecule has 2 unspecified atom stereocenters. The van der Waals surface area contributed by atoms with Crippen LogP contribution in [-0.4, -0.2) is 25.9 Å². The summed E-state index contributed by atoms with van der Waals surface area (Å²) in [5, 5.41) is 0. The molecule has 0 fully saturated rings. The predicted octanol–water partition coefficient (Wildman–Crippen LogP) is 4.11. The lowest BCUT2D eigenvalue weighted by Gasteiger charge is -2.22. The lowest BCUT2D eigenvalue weighted by atomic mass is 9.93. The van der Waals surface area contributed by atoms with Crippen molar-refractivity contribution in [3.63, 3.8) is 0 Å². The van der Waals surface area contributed by atoms with Gasteiger partial charge >= 0.3 is 0 Å². The van der Waals surface area contributed by atoms with Crippen LogP contribution in [0.1, 0.15) is 58.9 Å². The van der Waals surface area contributed by atoms with Crippen molar-refractivity contribution in [3.8, 4) is 17.2 Å². The number of hydrogen-bond acceptors (Lipinski definition) is 4. The Morgan fingerprint density at radius 3 is 2.00 bits per heavy atom. The van der Waals surface area contributed by atoms with Crippen molar-refractivity contribution < 1.29 is 14.2 Å². The van der Waals surface area contributed by atoms with Gasteiger partial charge in [0.2, 0.25) is 5.75 Å². The molecule has 2 N–H and O–H groups in total. The summed E-state index contributed by atoms with van der Waals surface area (Å²) in [6, 6.07) is 4.28.